The molecule has 0 N–H and O–H groups in total. The van der Waals surface area contributed by atoms with Crippen LogP contribution in [0.4, 0.5) is 0 Å². The van der Waals surface area contributed by atoms with E-state index in [9.17, 15) is 4.79 Å². The molecule has 0 bridgehead atoms. The average Bonchev–Trinajstić information content (AvgIpc) is 3.53. The second-order valence-electron chi connectivity index (χ2n) is 7.63. The number of para-hydroxylation sites is 1. The van der Waals surface area contributed by atoms with Crippen molar-refractivity contribution in [2.75, 3.05) is 7.05 Å². The molecule has 5 aromatic rings. The molecule has 2 aromatic carbocycles. The summed E-state index contributed by atoms with van der Waals surface area (Å²) in [7, 11) is 1.75. The fourth-order valence-corrected chi connectivity index (χ4v) is 3.62. The normalized spacial score (nSPS) is 10.8. The van der Waals surface area contributed by atoms with Gasteiger partial charge in [0.15, 0.2) is 11.5 Å². The molecular weight excluding hydrogens is 414 g/mol. The van der Waals surface area contributed by atoms with Crippen LogP contribution in [0.2, 0.25) is 0 Å². The monoisotopic (exact) mass is 435 g/mol. The van der Waals surface area contributed by atoms with E-state index in [-0.39, 0.29) is 11.6 Å². The molecule has 7 heteroatoms. The molecule has 7 nitrogen and oxygen atoms in total. The largest absolute Gasteiger partial charge is 0.355 e. The topological polar surface area (TPSA) is 77.0 Å². The molecule has 0 saturated heterocycles. The zero-order valence-corrected chi connectivity index (χ0v) is 18.0. The lowest BCUT2D eigenvalue weighted by Gasteiger charge is -2.15. The van der Waals surface area contributed by atoms with Gasteiger partial charge in [-0.15, -0.1) is 0 Å². The molecule has 5 rings (SSSR count). The van der Waals surface area contributed by atoms with Crippen molar-refractivity contribution in [1.82, 2.24) is 24.8 Å². The van der Waals surface area contributed by atoms with Crippen LogP contribution in [0.15, 0.2) is 102 Å². The van der Waals surface area contributed by atoms with E-state index in [1.165, 1.54) is 0 Å². The van der Waals surface area contributed by atoms with E-state index in [0.29, 0.717) is 12.3 Å². The SMILES string of the molecule is CN(Cc1cn(-c2ccccc2)nc1-c1ccccc1)C(=O)c1cc(-c2cccnc2)on1. The van der Waals surface area contributed by atoms with Gasteiger partial charge in [-0.2, -0.15) is 5.10 Å². The molecule has 0 aliphatic rings. The summed E-state index contributed by atoms with van der Waals surface area (Å²) in [6.45, 7) is 0.366. The Morgan fingerprint density at radius 1 is 0.970 bits per heavy atom. The zero-order chi connectivity index (χ0) is 22.6. The van der Waals surface area contributed by atoms with Gasteiger partial charge in [-0.05, 0) is 24.3 Å². The van der Waals surface area contributed by atoms with Crippen LogP contribution >= 0.6 is 0 Å². The minimum absolute atomic E-state index is 0.236. The van der Waals surface area contributed by atoms with E-state index in [4.69, 9.17) is 9.62 Å². The number of pyridine rings is 1. The summed E-state index contributed by atoms with van der Waals surface area (Å²) in [6.07, 6.45) is 5.31. The standard InChI is InChI=1S/C26H21N5O2/c1-30(26(32)23-15-24(33-29-23)20-11-8-14-27-16-20)17-21-18-31(22-12-6-3-7-13-22)28-25(21)19-9-4-2-5-10-19/h2-16,18H,17H2,1H3. The van der Waals surface area contributed by atoms with Crippen molar-refractivity contribution in [3.8, 4) is 28.3 Å². The zero-order valence-electron chi connectivity index (χ0n) is 18.0. The number of rotatable bonds is 6. The number of nitrogens with zero attached hydrogens (tertiary/aromatic N) is 5. The van der Waals surface area contributed by atoms with E-state index in [1.54, 1.807) is 36.5 Å². The van der Waals surface area contributed by atoms with Crippen molar-refractivity contribution in [1.29, 1.82) is 0 Å². The van der Waals surface area contributed by atoms with Gasteiger partial charge in [0.1, 0.15) is 0 Å². The first-order valence-corrected chi connectivity index (χ1v) is 10.5. The quantitative estimate of drug-likeness (QED) is 0.381. The summed E-state index contributed by atoms with van der Waals surface area (Å²) < 4.78 is 7.21. The molecule has 3 heterocycles. The predicted octanol–water partition coefficient (Wildman–Crippen LogP) is 4.86. The lowest BCUT2D eigenvalue weighted by Crippen LogP contribution is -2.26. The number of hydrogen-bond acceptors (Lipinski definition) is 5. The van der Waals surface area contributed by atoms with Gasteiger partial charge in [-0.25, -0.2) is 4.68 Å². The Bertz CT molecular complexity index is 1360. The van der Waals surface area contributed by atoms with E-state index in [1.807, 2.05) is 77.6 Å². The molecule has 0 saturated carbocycles. The fraction of sp³-hybridized carbons (Fsp3) is 0.0769. The molecule has 33 heavy (non-hydrogen) atoms. The minimum atomic E-state index is -0.236. The Morgan fingerprint density at radius 2 is 1.70 bits per heavy atom. The van der Waals surface area contributed by atoms with E-state index < -0.39 is 0 Å². The van der Waals surface area contributed by atoms with Crippen LogP contribution in [0.1, 0.15) is 16.1 Å². The average molecular weight is 435 g/mol. The first-order valence-electron chi connectivity index (χ1n) is 10.5. The smallest absolute Gasteiger partial charge is 0.276 e. The van der Waals surface area contributed by atoms with Gasteiger partial charge in [-0.3, -0.25) is 9.78 Å². The van der Waals surface area contributed by atoms with E-state index in [0.717, 1.165) is 28.1 Å². The maximum absolute atomic E-state index is 13.1. The second-order valence-corrected chi connectivity index (χ2v) is 7.63. The summed E-state index contributed by atoms with van der Waals surface area (Å²) in [5, 5.41) is 8.79. The predicted molar refractivity (Wildman–Crippen MR) is 125 cm³/mol. The maximum Gasteiger partial charge on any atom is 0.276 e. The summed E-state index contributed by atoms with van der Waals surface area (Å²) >= 11 is 0. The van der Waals surface area contributed by atoms with Crippen LogP contribution < -0.4 is 0 Å². The maximum atomic E-state index is 13.1. The summed E-state index contributed by atoms with van der Waals surface area (Å²) in [5.41, 5.74) is 4.71. The highest BCUT2D eigenvalue weighted by atomic mass is 16.5. The Kier molecular flexibility index (Phi) is 5.51. The van der Waals surface area contributed by atoms with Gasteiger partial charge in [-0.1, -0.05) is 53.7 Å². The highest BCUT2D eigenvalue weighted by Crippen LogP contribution is 2.25. The van der Waals surface area contributed by atoms with Crippen molar-refractivity contribution >= 4 is 5.91 Å². The minimum Gasteiger partial charge on any atom is -0.355 e. The van der Waals surface area contributed by atoms with Gasteiger partial charge < -0.3 is 9.42 Å². The molecule has 162 valence electrons. The van der Waals surface area contributed by atoms with Crippen molar-refractivity contribution in [3.63, 3.8) is 0 Å². The number of carbonyl (C=O) groups excluding carboxylic acids is 1. The first kappa shape index (κ1) is 20.4. The highest BCUT2D eigenvalue weighted by molar-refractivity contribution is 5.93. The molecule has 0 unspecified atom stereocenters. The molecule has 0 spiro atoms. The van der Waals surface area contributed by atoms with Crippen LogP contribution in [-0.4, -0.2) is 37.8 Å². The third-order valence-electron chi connectivity index (χ3n) is 5.29. The van der Waals surface area contributed by atoms with Crippen molar-refractivity contribution in [2.24, 2.45) is 0 Å². The Labute approximate surface area is 190 Å². The first-order chi connectivity index (χ1) is 16.2. The number of aromatic nitrogens is 4. The van der Waals surface area contributed by atoms with Crippen molar-refractivity contribution in [2.45, 2.75) is 6.54 Å². The molecule has 0 radical (unpaired) electrons. The number of hydrogen-bond donors (Lipinski definition) is 0. The fourth-order valence-electron chi connectivity index (χ4n) is 3.62. The van der Waals surface area contributed by atoms with Crippen LogP contribution in [0.3, 0.4) is 0 Å². The van der Waals surface area contributed by atoms with Crippen LogP contribution in [0.5, 0.6) is 0 Å². The Balaban J connectivity index is 1.43. The molecule has 3 aromatic heterocycles. The molecule has 0 atom stereocenters. The lowest BCUT2D eigenvalue weighted by atomic mass is 10.1. The summed E-state index contributed by atoms with van der Waals surface area (Å²) in [4.78, 5) is 18.8. The van der Waals surface area contributed by atoms with Gasteiger partial charge >= 0.3 is 0 Å². The van der Waals surface area contributed by atoms with Crippen LogP contribution in [0, 0.1) is 0 Å². The Hall–Kier alpha value is -4.52. The highest BCUT2D eigenvalue weighted by Gasteiger charge is 2.21. The third kappa shape index (κ3) is 4.29. The number of amides is 1. The molecule has 1 amide bonds. The van der Waals surface area contributed by atoms with Gasteiger partial charge in [0.25, 0.3) is 5.91 Å². The molecule has 0 fully saturated rings. The lowest BCUT2D eigenvalue weighted by molar-refractivity contribution is 0.0775. The van der Waals surface area contributed by atoms with E-state index in [2.05, 4.69) is 10.1 Å². The van der Waals surface area contributed by atoms with Crippen LogP contribution in [0.25, 0.3) is 28.3 Å². The van der Waals surface area contributed by atoms with Crippen molar-refractivity contribution in [3.05, 3.63) is 109 Å². The number of benzene rings is 2. The van der Waals surface area contributed by atoms with Gasteiger partial charge in [0.2, 0.25) is 0 Å². The van der Waals surface area contributed by atoms with Gasteiger partial charge in [0.05, 0.1) is 11.4 Å². The van der Waals surface area contributed by atoms with Gasteiger partial charge in [0, 0.05) is 54.9 Å². The molecular formula is C26H21N5O2. The third-order valence-corrected chi connectivity index (χ3v) is 5.29. The summed E-state index contributed by atoms with van der Waals surface area (Å²) in [6, 6.07) is 25.2. The van der Waals surface area contributed by atoms with Crippen LogP contribution in [-0.2, 0) is 6.54 Å². The Morgan fingerprint density at radius 3 is 2.42 bits per heavy atom. The molecule has 0 aliphatic heterocycles. The van der Waals surface area contributed by atoms with E-state index >= 15 is 0 Å². The second kappa shape index (κ2) is 8.92. The number of carbonyl (C=O) groups is 1. The summed E-state index contributed by atoms with van der Waals surface area (Å²) in [5.74, 6) is 0.266. The molecule has 0 aliphatic carbocycles. The van der Waals surface area contributed by atoms with Crippen molar-refractivity contribution < 1.29 is 9.32 Å².